The Morgan fingerprint density at radius 2 is 1.93 bits per heavy atom. The van der Waals surface area contributed by atoms with E-state index < -0.39 is 5.97 Å². The van der Waals surface area contributed by atoms with Crippen LogP contribution in [0.1, 0.15) is 34.9 Å². The standard InChI is InChI=1S/C23H24N2O5/c1-28-16-9-10-21(29-2)17(13-16)20-8-5-11-25(20)22(26)14-30-23(27)19-12-15-6-3-4-7-18(15)24-19/h3-4,6-7,9-10,12-13,20,24H,5,8,11,14H2,1-2H3/t20-/m1/s1. The molecule has 7 heteroatoms. The van der Waals surface area contributed by atoms with Crippen LogP contribution in [0, 0.1) is 0 Å². The van der Waals surface area contributed by atoms with E-state index in [4.69, 9.17) is 14.2 Å². The van der Waals surface area contributed by atoms with Crippen LogP contribution >= 0.6 is 0 Å². The van der Waals surface area contributed by atoms with Gasteiger partial charge in [-0.3, -0.25) is 4.79 Å². The minimum Gasteiger partial charge on any atom is -0.497 e. The largest absolute Gasteiger partial charge is 0.497 e. The van der Waals surface area contributed by atoms with Crippen LogP contribution in [0.5, 0.6) is 11.5 Å². The zero-order valence-corrected chi connectivity index (χ0v) is 17.0. The van der Waals surface area contributed by atoms with Gasteiger partial charge in [-0.05, 0) is 43.2 Å². The molecular formula is C23H24N2O5. The molecule has 30 heavy (non-hydrogen) atoms. The van der Waals surface area contributed by atoms with Gasteiger partial charge in [0, 0.05) is 23.0 Å². The highest BCUT2D eigenvalue weighted by Crippen LogP contribution is 2.38. The molecule has 2 aromatic carbocycles. The van der Waals surface area contributed by atoms with Crippen molar-refractivity contribution in [2.75, 3.05) is 27.4 Å². The number of esters is 1. The predicted molar refractivity (Wildman–Crippen MR) is 112 cm³/mol. The molecule has 0 bridgehead atoms. The van der Waals surface area contributed by atoms with Crippen molar-refractivity contribution in [2.24, 2.45) is 0 Å². The van der Waals surface area contributed by atoms with Crippen molar-refractivity contribution >= 4 is 22.8 Å². The molecule has 1 N–H and O–H groups in total. The van der Waals surface area contributed by atoms with Gasteiger partial charge in [0.2, 0.25) is 0 Å². The molecule has 1 aliphatic heterocycles. The molecule has 0 radical (unpaired) electrons. The van der Waals surface area contributed by atoms with Gasteiger partial charge in [0.15, 0.2) is 6.61 Å². The maximum absolute atomic E-state index is 12.9. The van der Waals surface area contributed by atoms with Crippen LogP contribution < -0.4 is 9.47 Å². The summed E-state index contributed by atoms with van der Waals surface area (Å²) in [6, 6.07) is 14.7. The third kappa shape index (κ3) is 3.83. The fourth-order valence-corrected chi connectivity index (χ4v) is 3.96. The van der Waals surface area contributed by atoms with Gasteiger partial charge >= 0.3 is 5.97 Å². The fourth-order valence-electron chi connectivity index (χ4n) is 3.96. The number of fused-ring (bicyclic) bond motifs is 1. The minimum absolute atomic E-state index is 0.144. The van der Waals surface area contributed by atoms with E-state index in [-0.39, 0.29) is 18.6 Å². The van der Waals surface area contributed by atoms with Gasteiger partial charge in [0.25, 0.3) is 5.91 Å². The van der Waals surface area contributed by atoms with Crippen molar-refractivity contribution in [3.63, 3.8) is 0 Å². The van der Waals surface area contributed by atoms with Gasteiger partial charge in [-0.25, -0.2) is 4.79 Å². The maximum Gasteiger partial charge on any atom is 0.355 e. The zero-order chi connectivity index (χ0) is 21.1. The Balaban J connectivity index is 1.45. The fraction of sp³-hybridized carbons (Fsp3) is 0.304. The number of carbonyl (C=O) groups excluding carboxylic acids is 2. The zero-order valence-electron chi connectivity index (χ0n) is 17.0. The summed E-state index contributed by atoms with van der Waals surface area (Å²) in [7, 11) is 3.21. The number of rotatable bonds is 6. The molecule has 1 atom stereocenters. The number of hydrogen-bond acceptors (Lipinski definition) is 5. The molecule has 1 aliphatic rings. The summed E-state index contributed by atoms with van der Waals surface area (Å²) in [4.78, 5) is 30.0. The number of aromatic nitrogens is 1. The number of likely N-dealkylation sites (tertiary alicyclic amines) is 1. The van der Waals surface area contributed by atoms with E-state index in [0.717, 1.165) is 29.3 Å². The SMILES string of the molecule is COc1ccc(OC)c([C@H]2CCCN2C(=O)COC(=O)c2cc3ccccc3[nH]2)c1. The number of H-pyrrole nitrogens is 1. The topological polar surface area (TPSA) is 80.9 Å². The highest BCUT2D eigenvalue weighted by molar-refractivity contribution is 5.95. The van der Waals surface area contributed by atoms with E-state index in [1.54, 1.807) is 25.2 Å². The van der Waals surface area contributed by atoms with Gasteiger partial charge < -0.3 is 24.1 Å². The Morgan fingerprint density at radius 3 is 2.70 bits per heavy atom. The van der Waals surface area contributed by atoms with Gasteiger partial charge in [-0.2, -0.15) is 0 Å². The molecule has 156 valence electrons. The van der Waals surface area contributed by atoms with Gasteiger partial charge in [0.05, 0.1) is 20.3 Å². The first-order valence-corrected chi connectivity index (χ1v) is 9.87. The first-order valence-electron chi connectivity index (χ1n) is 9.87. The van der Waals surface area contributed by atoms with Crippen molar-refractivity contribution in [3.05, 3.63) is 59.8 Å². The van der Waals surface area contributed by atoms with E-state index >= 15 is 0 Å². The first-order chi connectivity index (χ1) is 14.6. The summed E-state index contributed by atoms with van der Waals surface area (Å²) in [6.45, 7) is 0.296. The van der Waals surface area contributed by atoms with Crippen LogP contribution in [-0.4, -0.2) is 49.1 Å². The Labute approximate surface area is 174 Å². The number of hydrogen-bond donors (Lipinski definition) is 1. The Morgan fingerprint density at radius 1 is 1.10 bits per heavy atom. The van der Waals surface area contributed by atoms with Crippen LogP contribution in [0.25, 0.3) is 10.9 Å². The number of aromatic amines is 1. The number of para-hydroxylation sites is 1. The third-order valence-corrected chi connectivity index (χ3v) is 5.45. The van der Waals surface area contributed by atoms with Crippen molar-refractivity contribution in [1.82, 2.24) is 9.88 Å². The predicted octanol–water partition coefficient (Wildman–Crippen LogP) is 3.71. The van der Waals surface area contributed by atoms with Crippen LogP contribution in [0.4, 0.5) is 0 Å². The van der Waals surface area contributed by atoms with Gasteiger partial charge in [-0.15, -0.1) is 0 Å². The van der Waals surface area contributed by atoms with Crippen LogP contribution in [0.2, 0.25) is 0 Å². The lowest BCUT2D eigenvalue weighted by Crippen LogP contribution is -2.34. The Kier molecular flexibility index (Phi) is 5.61. The molecule has 0 aliphatic carbocycles. The van der Waals surface area contributed by atoms with E-state index in [1.807, 2.05) is 42.5 Å². The monoisotopic (exact) mass is 408 g/mol. The number of methoxy groups -OCH3 is 2. The minimum atomic E-state index is -0.547. The molecule has 1 amide bonds. The maximum atomic E-state index is 12.9. The average Bonchev–Trinajstić information content (AvgIpc) is 3.44. The smallest absolute Gasteiger partial charge is 0.355 e. The molecule has 0 unspecified atom stereocenters. The van der Waals surface area contributed by atoms with Gasteiger partial charge in [0.1, 0.15) is 17.2 Å². The third-order valence-electron chi connectivity index (χ3n) is 5.45. The number of ether oxygens (including phenoxy) is 3. The van der Waals surface area contributed by atoms with Gasteiger partial charge in [-0.1, -0.05) is 18.2 Å². The van der Waals surface area contributed by atoms with Crippen molar-refractivity contribution < 1.29 is 23.8 Å². The highest BCUT2D eigenvalue weighted by Gasteiger charge is 2.32. The van der Waals surface area contributed by atoms with E-state index in [9.17, 15) is 9.59 Å². The summed E-state index contributed by atoms with van der Waals surface area (Å²) in [5.74, 6) is 0.631. The van der Waals surface area contributed by atoms with Crippen LogP contribution in [0.15, 0.2) is 48.5 Å². The number of carbonyl (C=O) groups is 2. The summed E-state index contributed by atoms with van der Waals surface area (Å²) in [5, 5.41) is 0.917. The second kappa shape index (κ2) is 8.49. The second-order valence-electron chi connectivity index (χ2n) is 7.20. The molecule has 3 aromatic rings. The van der Waals surface area contributed by atoms with E-state index in [1.165, 1.54) is 0 Å². The number of nitrogens with zero attached hydrogens (tertiary/aromatic N) is 1. The number of benzene rings is 2. The molecule has 2 heterocycles. The summed E-state index contributed by atoms with van der Waals surface area (Å²) in [5.41, 5.74) is 2.07. The normalized spacial score (nSPS) is 15.9. The average molecular weight is 408 g/mol. The molecule has 1 aromatic heterocycles. The molecule has 7 nitrogen and oxygen atoms in total. The lowest BCUT2D eigenvalue weighted by molar-refractivity contribution is -0.135. The van der Waals surface area contributed by atoms with Crippen molar-refractivity contribution in [1.29, 1.82) is 0 Å². The summed E-state index contributed by atoms with van der Waals surface area (Å²) >= 11 is 0. The Bertz CT molecular complexity index is 1040. The summed E-state index contributed by atoms with van der Waals surface area (Å²) < 4.78 is 16.1. The molecule has 0 spiro atoms. The molecular weight excluding hydrogens is 384 g/mol. The highest BCUT2D eigenvalue weighted by atomic mass is 16.5. The van der Waals surface area contributed by atoms with E-state index in [2.05, 4.69) is 4.98 Å². The lowest BCUT2D eigenvalue weighted by Gasteiger charge is -2.26. The van der Waals surface area contributed by atoms with E-state index in [0.29, 0.717) is 23.7 Å². The molecule has 0 saturated carbocycles. The van der Waals surface area contributed by atoms with Crippen molar-refractivity contribution in [2.45, 2.75) is 18.9 Å². The van der Waals surface area contributed by atoms with Crippen molar-refractivity contribution in [3.8, 4) is 11.5 Å². The first kappa shape index (κ1) is 19.8. The van der Waals surface area contributed by atoms with Crippen LogP contribution in [-0.2, 0) is 9.53 Å². The number of nitrogens with one attached hydrogen (secondary N) is 1. The quantitative estimate of drug-likeness (QED) is 0.629. The molecule has 1 fully saturated rings. The second-order valence-corrected chi connectivity index (χ2v) is 7.20. The van der Waals surface area contributed by atoms with Crippen LogP contribution in [0.3, 0.4) is 0 Å². The molecule has 1 saturated heterocycles. The molecule has 4 rings (SSSR count). The number of amides is 1. The Hall–Kier alpha value is -3.48. The summed E-state index contributed by atoms with van der Waals surface area (Å²) in [6.07, 6.45) is 1.68. The lowest BCUT2D eigenvalue weighted by atomic mass is 10.0.